The van der Waals surface area contributed by atoms with Gasteiger partial charge in [0.2, 0.25) is 11.8 Å². The van der Waals surface area contributed by atoms with E-state index in [1.165, 1.54) is 0 Å². The highest BCUT2D eigenvalue weighted by molar-refractivity contribution is 5.91. The molecule has 7 nitrogen and oxygen atoms in total. The second kappa shape index (κ2) is 11.8. The summed E-state index contributed by atoms with van der Waals surface area (Å²) < 4.78 is 5.09. The second-order valence-corrected chi connectivity index (χ2v) is 10.7. The number of likely N-dealkylation sites (tertiary alicyclic amines) is 1. The van der Waals surface area contributed by atoms with E-state index < -0.39 is 11.5 Å². The molecule has 0 radical (unpaired) electrons. The lowest BCUT2D eigenvalue weighted by Crippen LogP contribution is -2.60. The fraction of sp³-hybridized carbons (Fsp3) is 0.800. The van der Waals surface area contributed by atoms with Gasteiger partial charge >= 0.3 is 5.97 Å². The Morgan fingerprint density at radius 1 is 1.25 bits per heavy atom. The van der Waals surface area contributed by atoms with Gasteiger partial charge in [0.1, 0.15) is 6.04 Å². The highest BCUT2D eigenvalue weighted by Gasteiger charge is 2.39. The first kappa shape index (κ1) is 28.1. The SMILES string of the molecule is CCOC(=O)/C(C)=C\C(C(C)C)N(C)C(=O)C(NC(=O)C1CC(C)CCN1C)C(C)(C)C. The number of carbonyl (C=O) groups is 3. The van der Waals surface area contributed by atoms with Crippen molar-refractivity contribution in [1.29, 1.82) is 0 Å². The largest absolute Gasteiger partial charge is 0.463 e. The number of ether oxygens (including phenoxy) is 1. The number of esters is 1. The molecule has 2 amide bonds. The van der Waals surface area contributed by atoms with Gasteiger partial charge in [-0.25, -0.2) is 4.79 Å². The van der Waals surface area contributed by atoms with Gasteiger partial charge in [-0.2, -0.15) is 0 Å². The summed E-state index contributed by atoms with van der Waals surface area (Å²) in [5, 5.41) is 3.06. The number of hydrogen-bond donors (Lipinski definition) is 1. The van der Waals surface area contributed by atoms with Crippen molar-refractivity contribution in [3.63, 3.8) is 0 Å². The van der Waals surface area contributed by atoms with E-state index in [0.29, 0.717) is 18.1 Å². The first-order valence-corrected chi connectivity index (χ1v) is 11.8. The first-order valence-electron chi connectivity index (χ1n) is 11.8. The van der Waals surface area contributed by atoms with Gasteiger partial charge < -0.3 is 15.0 Å². The standard InChI is InChI=1S/C25H45N3O4/c1-11-32-24(31)18(5)15-19(16(2)3)28(10)23(30)21(25(6,7)8)26-22(29)20-14-17(4)12-13-27(20)9/h15-17,19-21H,11-14H2,1-10H3,(H,26,29)/b18-15-. The number of carbonyl (C=O) groups excluding carboxylic acids is 3. The minimum Gasteiger partial charge on any atom is -0.463 e. The molecule has 1 N–H and O–H groups in total. The van der Waals surface area contributed by atoms with Crippen molar-refractivity contribution < 1.29 is 19.1 Å². The molecule has 1 fully saturated rings. The zero-order chi connectivity index (χ0) is 24.8. The van der Waals surface area contributed by atoms with Crippen LogP contribution in [-0.4, -0.2) is 73.0 Å². The molecule has 0 saturated carbocycles. The molecule has 184 valence electrons. The fourth-order valence-electron chi connectivity index (χ4n) is 4.12. The van der Waals surface area contributed by atoms with Gasteiger partial charge in [-0.3, -0.25) is 14.5 Å². The minimum absolute atomic E-state index is 0.0787. The van der Waals surface area contributed by atoms with E-state index in [0.717, 1.165) is 19.4 Å². The van der Waals surface area contributed by atoms with Crippen LogP contribution >= 0.6 is 0 Å². The van der Waals surface area contributed by atoms with Gasteiger partial charge in [-0.05, 0) is 57.5 Å². The van der Waals surface area contributed by atoms with Crippen LogP contribution in [0.2, 0.25) is 0 Å². The van der Waals surface area contributed by atoms with Crippen LogP contribution in [0.4, 0.5) is 0 Å². The Morgan fingerprint density at radius 3 is 2.34 bits per heavy atom. The number of amides is 2. The lowest BCUT2D eigenvalue weighted by molar-refractivity contribution is -0.142. The van der Waals surface area contributed by atoms with Crippen LogP contribution in [0.5, 0.6) is 0 Å². The van der Waals surface area contributed by atoms with E-state index in [1.54, 1.807) is 31.9 Å². The summed E-state index contributed by atoms with van der Waals surface area (Å²) in [7, 11) is 3.70. The molecule has 1 rings (SSSR count). The van der Waals surface area contributed by atoms with Gasteiger partial charge in [0, 0.05) is 12.6 Å². The Morgan fingerprint density at radius 2 is 1.84 bits per heavy atom. The maximum atomic E-state index is 13.6. The maximum absolute atomic E-state index is 13.6. The van der Waals surface area contributed by atoms with Crippen LogP contribution in [0.25, 0.3) is 0 Å². The van der Waals surface area contributed by atoms with Crippen molar-refractivity contribution in [2.24, 2.45) is 17.3 Å². The zero-order valence-corrected chi connectivity index (χ0v) is 21.8. The van der Waals surface area contributed by atoms with Crippen LogP contribution < -0.4 is 5.32 Å². The van der Waals surface area contributed by atoms with Crippen molar-refractivity contribution in [2.75, 3.05) is 27.2 Å². The van der Waals surface area contributed by atoms with Gasteiger partial charge in [-0.1, -0.05) is 47.6 Å². The van der Waals surface area contributed by atoms with E-state index in [1.807, 2.05) is 41.7 Å². The highest BCUT2D eigenvalue weighted by atomic mass is 16.5. The second-order valence-electron chi connectivity index (χ2n) is 10.7. The summed E-state index contributed by atoms with van der Waals surface area (Å²) in [5.41, 5.74) is 0.000687. The summed E-state index contributed by atoms with van der Waals surface area (Å²) in [4.78, 5) is 42.6. The predicted octanol–water partition coefficient (Wildman–Crippen LogP) is 3.24. The van der Waals surface area contributed by atoms with Crippen molar-refractivity contribution in [1.82, 2.24) is 15.1 Å². The summed E-state index contributed by atoms with van der Waals surface area (Å²) in [6.07, 6.45) is 3.66. The molecule has 1 heterocycles. The molecular formula is C25H45N3O4. The van der Waals surface area contributed by atoms with Gasteiger partial charge in [0.05, 0.1) is 18.7 Å². The monoisotopic (exact) mass is 451 g/mol. The number of piperidine rings is 1. The summed E-state index contributed by atoms with van der Waals surface area (Å²) in [6, 6.07) is -1.21. The lowest BCUT2D eigenvalue weighted by atomic mass is 9.84. The van der Waals surface area contributed by atoms with E-state index in [2.05, 4.69) is 17.1 Å². The van der Waals surface area contributed by atoms with Crippen molar-refractivity contribution in [3.8, 4) is 0 Å². The summed E-state index contributed by atoms with van der Waals surface area (Å²) in [5.74, 6) is -0.0807. The summed E-state index contributed by atoms with van der Waals surface area (Å²) >= 11 is 0. The molecule has 4 unspecified atom stereocenters. The van der Waals surface area contributed by atoms with Gasteiger partial charge in [-0.15, -0.1) is 0 Å². The van der Waals surface area contributed by atoms with Crippen molar-refractivity contribution >= 4 is 17.8 Å². The lowest BCUT2D eigenvalue weighted by Gasteiger charge is -2.40. The molecule has 7 heteroatoms. The van der Waals surface area contributed by atoms with Crippen molar-refractivity contribution in [2.45, 2.75) is 86.4 Å². The van der Waals surface area contributed by atoms with E-state index in [4.69, 9.17) is 4.74 Å². The maximum Gasteiger partial charge on any atom is 0.333 e. The van der Waals surface area contributed by atoms with E-state index in [-0.39, 0.29) is 35.8 Å². The number of nitrogens with one attached hydrogen (secondary N) is 1. The average Bonchev–Trinajstić information content (AvgIpc) is 2.69. The Kier molecular flexibility index (Phi) is 10.4. The number of likely N-dealkylation sites (N-methyl/N-ethyl adjacent to an activating group) is 2. The Bertz CT molecular complexity index is 696. The van der Waals surface area contributed by atoms with Crippen LogP contribution in [0.15, 0.2) is 11.6 Å². The quantitative estimate of drug-likeness (QED) is 0.453. The normalized spacial score (nSPS) is 22.3. The van der Waals surface area contributed by atoms with Crippen molar-refractivity contribution in [3.05, 3.63) is 11.6 Å². The third kappa shape index (κ3) is 7.61. The molecule has 1 saturated heterocycles. The smallest absolute Gasteiger partial charge is 0.333 e. The molecule has 0 aromatic heterocycles. The molecular weight excluding hydrogens is 406 g/mol. The third-order valence-electron chi connectivity index (χ3n) is 6.33. The zero-order valence-electron chi connectivity index (χ0n) is 21.8. The molecule has 0 aromatic rings. The Hall–Kier alpha value is -1.89. The molecule has 0 bridgehead atoms. The van der Waals surface area contributed by atoms with E-state index >= 15 is 0 Å². The molecule has 0 aromatic carbocycles. The number of nitrogens with zero attached hydrogens (tertiary/aromatic N) is 2. The topological polar surface area (TPSA) is 79.0 Å². The van der Waals surface area contributed by atoms with Crippen LogP contribution in [-0.2, 0) is 19.1 Å². The van der Waals surface area contributed by atoms with Gasteiger partial charge in [0.15, 0.2) is 0 Å². The van der Waals surface area contributed by atoms with Crippen LogP contribution in [0.1, 0.15) is 68.2 Å². The molecule has 1 aliphatic heterocycles. The van der Waals surface area contributed by atoms with Crippen LogP contribution in [0, 0.1) is 17.3 Å². The predicted molar refractivity (Wildman–Crippen MR) is 128 cm³/mol. The number of rotatable bonds is 8. The molecule has 0 aliphatic carbocycles. The van der Waals surface area contributed by atoms with Gasteiger partial charge in [0.25, 0.3) is 0 Å². The van der Waals surface area contributed by atoms with E-state index in [9.17, 15) is 14.4 Å². The minimum atomic E-state index is -0.678. The molecule has 4 atom stereocenters. The highest BCUT2D eigenvalue weighted by Crippen LogP contribution is 2.26. The molecule has 1 aliphatic rings. The Balaban J connectivity index is 3.12. The first-order chi connectivity index (χ1) is 14.7. The average molecular weight is 452 g/mol. The Labute approximate surface area is 194 Å². The number of hydrogen-bond acceptors (Lipinski definition) is 5. The fourth-order valence-corrected chi connectivity index (χ4v) is 4.12. The molecule has 0 spiro atoms. The summed E-state index contributed by atoms with van der Waals surface area (Å²) in [6.45, 7) is 16.7. The molecule has 32 heavy (non-hydrogen) atoms. The third-order valence-corrected chi connectivity index (χ3v) is 6.33. The van der Waals surface area contributed by atoms with Crippen LogP contribution in [0.3, 0.4) is 0 Å².